The Morgan fingerprint density at radius 1 is 1.06 bits per heavy atom. The Hall–Kier alpha value is -2.87. The molecule has 0 unspecified atom stereocenters. The highest BCUT2D eigenvalue weighted by Crippen LogP contribution is 2.21. The first-order valence-electron chi connectivity index (χ1n) is 11.1. The highest BCUT2D eigenvalue weighted by atomic mass is 16.5. The van der Waals surface area contributed by atoms with Gasteiger partial charge in [0.2, 0.25) is 11.7 Å². The van der Waals surface area contributed by atoms with Crippen LogP contribution in [-0.4, -0.2) is 53.1 Å². The van der Waals surface area contributed by atoms with Crippen molar-refractivity contribution in [2.24, 2.45) is 5.92 Å². The molecule has 1 aliphatic heterocycles. The number of carbonyl (C=O) groups excluding carboxylic acids is 3. The monoisotopic (exact) mass is 455 g/mol. The van der Waals surface area contributed by atoms with Crippen molar-refractivity contribution in [1.82, 2.24) is 5.32 Å². The summed E-state index contributed by atoms with van der Waals surface area (Å²) in [5.41, 5.74) is 0.940. The highest BCUT2D eigenvalue weighted by Gasteiger charge is 2.25. The minimum absolute atomic E-state index is 0.0154. The van der Waals surface area contributed by atoms with Crippen LogP contribution >= 0.6 is 0 Å². The van der Waals surface area contributed by atoms with Gasteiger partial charge in [0, 0.05) is 24.7 Å². The maximum Gasteiger partial charge on any atom is 0.227 e. The van der Waals surface area contributed by atoms with Crippen LogP contribution in [-0.2, 0) is 19.1 Å². The lowest BCUT2D eigenvalue weighted by Gasteiger charge is -2.24. The predicted octanol–water partition coefficient (Wildman–Crippen LogP) is 2.63. The van der Waals surface area contributed by atoms with E-state index >= 15 is 0 Å². The van der Waals surface area contributed by atoms with Gasteiger partial charge in [0.1, 0.15) is 0 Å². The summed E-state index contributed by atoms with van der Waals surface area (Å²) in [6.07, 6.45) is 13.9. The standard InChI is InChI=1S/C26H33NO6/c1-17-10-9-11-19-14-20(28)15-22(26(19)32)27-24(30)16-21(33-3)12-7-5-4-6-8-13-23(29)18(2)25(17)31/h4-8,10,12,14-15,18,21,23,25,29,31H,9,11,13,16H2,1-3H3,(H,27,30)/b5-4+,8-6+,12-7+,17-10+/t18-,21-,23+,25+/m0/s1. The molecule has 2 aliphatic rings. The maximum atomic E-state index is 12.8. The summed E-state index contributed by atoms with van der Waals surface area (Å²) in [5, 5.41) is 23.5. The van der Waals surface area contributed by atoms with Crippen molar-refractivity contribution >= 4 is 17.5 Å². The molecule has 2 rings (SSSR count). The van der Waals surface area contributed by atoms with Gasteiger partial charge in [0.05, 0.1) is 30.4 Å². The third-order valence-corrected chi connectivity index (χ3v) is 5.73. The summed E-state index contributed by atoms with van der Waals surface area (Å²) in [5.74, 6) is -1.58. The van der Waals surface area contributed by atoms with Crippen LogP contribution in [0, 0.1) is 5.92 Å². The third-order valence-electron chi connectivity index (χ3n) is 5.73. The molecule has 0 saturated carbocycles. The number of amides is 1. The molecule has 0 aromatic carbocycles. The maximum absolute atomic E-state index is 12.8. The van der Waals surface area contributed by atoms with Gasteiger partial charge < -0.3 is 20.3 Å². The first-order valence-corrected chi connectivity index (χ1v) is 11.1. The fourth-order valence-corrected chi connectivity index (χ4v) is 3.58. The van der Waals surface area contributed by atoms with Gasteiger partial charge in [0.25, 0.3) is 0 Å². The van der Waals surface area contributed by atoms with Gasteiger partial charge in [-0.05, 0) is 37.8 Å². The second-order valence-corrected chi connectivity index (χ2v) is 8.28. The molecule has 33 heavy (non-hydrogen) atoms. The lowest BCUT2D eigenvalue weighted by atomic mass is 9.90. The van der Waals surface area contributed by atoms with E-state index in [1.54, 1.807) is 50.3 Å². The van der Waals surface area contributed by atoms with Crippen molar-refractivity contribution in [2.45, 2.75) is 57.8 Å². The molecule has 7 heteroatoms. The van der Waals surface area contributed by atoms with Crippen molar-refractivity contribution in [3.63, 3.8) is 0 Å². The number of aliphatic hydroxyl groups excluding tert-OH is 2. The first kappa shape index (κ1) is 26.4. The summed E-state index contributed by atoms with van der Waals surface area (Å²) in [7, 11) is 1.48. The van der Waals surface area contributed by atoms with Crippen molar-refractivity contribution in [2.75, 3.05) is 7.11 Å². The van der Waals surface area contributed by atoms with Crippen LogP contribution in [0.3, 0.4) is 0 Å². The molecule has 178 valence electrons. The zero-order valence-corrected chi connectivity index (χ0v) is 19.4. The van der Waals surface area contributed by atoms with E-state index in [1.165, 1.54) is 13.2 Å². The van der Waals surface area contributed by atoms with Crippen LogP contribution in [0.1, 0.15) is 39.5 Å². The number of hydrogen-bond donors (Lipinski definition) is 3. The molecule has 0 radical (unpaired) electrons. The van der Waals surface area contributed by atoms with Gasteiger partial charge in [0.15, 0.2) is 5.78 Å². The van der Waals surface area contributed by atoms with Crippen molar-refractivity contribution in [3.05, 3.63) is 71.5 Å². The molecule has 0 saturated heterocycles. The van der Waals surface area contributed by atoms with Gasteiger partial charge in [-0.15, -0.1) is 0 Å². The number of fused-ring (bicyclic) bond motifs is 2. The molecule has 0 fully saturated rings. The number of ether oxygens (including phenoxy) is 1. The molecule has 1 amide bonds. The van der Waals surface area contributed by atoms with Crippen molar-refractivity contribution in [1.29, 1.82) is 0 Å². The minimum Gasteiger partial charge on any atom is -0.392 e. The quantitative estimate of drug-likeness (QED) is 0.414. The second-order valence-electron chi connectivity index (χ2n) is 8.28. The highest BCUT2D eigenvalue weighted by molar-refractivity contribution is 6.21. The van der Waals surface area contributed by atoms with E-state index in [-0.39, 0.29) is 30.2 Å². The van der Waals surface area contributed by atoms with Crippen LogP contribution in [0.5, 0.6) is 0 Å². The number of ketones is 2. The Balaban J connectivity index is 2.25. The number of carbonyl (C=O) groups is 3. The number of hydrogen-bond acceptors (Lipinski definition) is 6. The van der Waals surface area contributed by atoms with Crippen LogP contribution in [0.25, 0.3) is 0 Å². The number of nitrogens with one attached hydrogen (secondary N) is 1. The average Bonchev–Trinajstić information content (AvgIpc) is 2.78. The van der Waals surface area contributed by atoms with Crippen LogP contribution in [0.4, 0.5) is 0 Å². The van der Waals surface area contributed by atoms with Crippen LogP contribution in [0.15, 0.2) is 71.5 Å². The third kappa shape index (κ3) is 8.20. The topological polar surface area (TPSA) is 113 Å². The van der Waals surface area contributed by atoms with Crippen molar-refractivity contribution in [3.8, 4) is 0 Å². The number of allylic oxidation sites excluding steroid dienone is 8. The fraction of sp³-hybridized carbons (Fsp3) is 0.423. The molecule has 4 atom stereocenters. The van der Waals surface area contributed by atoms with Crippen LogP contribution in [0.2, 0.25) is 0 Å². The normalized spacial score (nSPS) is 32.9. The average molecular weight is 456 g/mol. The predicted molar refractivity (Wildman–Crippen MR) is 126 cm³/mol. The Bertz CT molecular complexity index is 921. The zero-order chi connectivity index (χ0) is 24.4. The summed E-state index contributed by atoms with van der Waals surface area (Å²) >= 11 is 0. The Labute approximate surface area is 194 Å². The molecule has 0 aromatic rings. The van der Waals surface area contributed by atoms with Gasteiger partial charge in [-0.25, -0.2) is 0 Å². The van der Waals surface area contributed by atoms with E-state index in [9.17, 15) is 24.6 Å². The molecule has 2 bridgehead atoms. The first-order chi connectivity index (χ1) is 15.7. The van der Waals surface area contributed by atoms with E-state index in [1.807, 2.05) is 6.08 Å². The molecule has 1 aliphatic carbocycles. The molecule has 7 nitrogen and oxygen atoms in total. The Morgan fingerprint density at radius 3 is 2.52 bits per heavy atom. The minimum atomic E-state index is -0.834. The largest absolute Gasteiger partial charge is 0.392 e. The molecule has 1 heterocycles. The molecule has 3 N–H and O–H groups in total. The molecule has 0 aromatic heterocycles. The lowest BCUT2D eigenvalue weighted by Crippen LogP contribution is -2.32. The summed E-state index contributed by atoms with van der Waals surface area (Å²) in [6.45, 7) is 3.55. The summed E-state index contributed by atoms with van der Waals surface area (Å²) in [6, 6.07) is 0. The number of aliphatic hydroxyl groups is 2. The molecular formula is C26H33NO6. The van der Waals surface area contributed by atoms with Gasteiger partial charge in [-0.2, -0.15) is 0 Å². The van der Waals surface area contributed by atoms with E-state index in [4.69, 9.17) is 4.74 Å². The van der Waals surface area contributed by atoms with E-state index in [0.717, 1.165) is 6.08 Å². The SMILES string of the molecule is CO[C@H]1/C=C/C=C/C=C/C[C@@H](O)[C@H](C)[C@H](O)/C(C)=C/CCC2=CC(=O)C=C(NC(=O)C1)C2=O. The second kappa shape index (κ2) is 13.0. The Morgan fingerprint density at radius 2 is 1.79 bits per heavy atom. The van der Waals surface area contributed by atoms with Gasteiger partial charge in [-0.3, -0.25) is 14.4 Å². The Kier molecular flexibility index (Phi) is 10.4. The van der Waals surface area contributed by atoms with Crippen molar-refractivity contribution < 1.29 is 29.3 Å². The molecular weight excluding hydrogens is 422 g/mol. The van der Waals surface area contributed by atoms with E-state index in [2.05, 4.69) is 5.32 Å². The number of rotatable bonds is 1. The zero-order valence-electron chi connectivity index (χ0n) is 19.4. The van der Waals surface area contributed by atoms with E-state index < -0.39 is 30.0 Å². The smallest absolute Gasteiger partial charge is 0.227 e. The van der Waals surface area contributed by atoms with Gasteiger partial charge >= 0.3 is 0 Å². The lowest BCUT2D eigenvalue weighted by molar-refractivity contribution is -0.124. The summed E-state index contributed by atoms with van der Waals surface area (Å²) in [4.78, 5) is 37.3. The number of Topliss-reactive ketones (excluding diaryl/α,β-unsaturated/α-hetero) is 1. The fourth-order valence-electron chi connectivity index (χ4n) is 3.58. The molecule has 0 spiro atoms. The van der Waals surface area contributed by atoms with Gasteiger partial charge in [-0.1, -0.05) is 49.5 Å². The van der Waals surface area contributed by atoms with Crippen LogP contribution < -0.4 is 5.32 Å². The number of methoxy groups -OCH3 is 1. The summed E-state index contributed by atoms with van der Waals surface area (Å²) < 4.78 is 5.30. The van der Waals surface area contributed by atoms with E-state index in [0.29, 0.717) is 24.0 Å².